The number of rotatable bonds is 2. The molecular weight excluding hydrogens is 274 g/mol. The topological polar surface area (TPSA) is 63.8 Å². The summed E-state index contributed by atoms with van der Waals surface area (Å²) in [6.07, 6.45) is 4.03. The minimum Gasteiger partial charge on any atom is -0.397 e. The second-order valence-corrected chi connectivity index (χ2v) is 5.44. The molecule has 4 rings (SSSR count). The summed E-state index contributed by atoms with van der Waals surface area (Å²) >= 11 is 0. The molecule has 0 saturated heterocycles. The zero-order chi connectivity index (χ0) is 15.1. The van der Waals surface area contributed by atoms with Crippen molar-refractivity contribution < 1.29 is 4.79 Å². The summed E-state index contributed by atoms with van der Waals surface area (Å²) in [5.41, 5.74) is 9.45. The Kier molecular flexibility index (Phi) is 2.76. The van der Waals surface area contributed by atoms with E-state index in [4.69, 9.17) is 5.73 Å². The number of benzene rings is 2. The molecule has 2 aromatic heterocycles. The second-order valence-electron chi connectivity index (χ2n) is 5.44. The van der Waals surface area contributed by atoms with E-state index in [2.05, 4.69) is 4.98 Å². The molecule has 108 valence electrons. The van der Waals surface area contributed by atoms with Gasteiger partial charge in [0.2, 0.25) is 5.91 Å². The van der Waals surface area contributed by atoms with Crippen LogP contribution in [-0.2, 0) is 6.42 Å². The summed E-state index contributed by atoms with van der Waals surface area (Å²) < 4.78 is 1.64. The number of H-pyrrole nitrogens is 1. The molecular formula is C18H15N3O. The molecule has 0 aliphatic rings. The van der Waals surface area contributed by atoms with E-state index in [0.717, 1.165) is 27.4 Å². The van der Waals surface area contributed by atoms with Gasteiger partial charge in [-0.2, -0.15) is 0 Å². The number of hydrogen-bond donors (Lipinski definition) is 2. The van der Waals surface area contributed by atoms with E-state index >= 15 is 0 Å². The molecule has 22 heavy (non-hydrogen) atoms. The molecule has 0 unspecified atom stereocenters. The van der Waals surface area contributed by atoms with E-state index in [9.17, 15) is 4.79 Å². The normalized spacial score (nSPS) is 11.3. The van der Waals surface area contributed by atoms with Crippen molar-refractivity contribution in [3.05, 3.63) is 66.5 Å². The minimum atomic E-state index is 0.0128. The van der Waals surface area contributed by atoms with E-state index in [-0.39, 0.29) is 5.91 Å². The fourth-order valence-corrected chi connectivity index (χ4v) is 2.89. The molecule has 0 spiro atoms. The van der Waals surface area contributed by atoms with Crippen LogP contribution < -0.4 is 5.73 Å². The molecule has 0 aliphatic carbocycles. The largest absolute Gasteiger partial charge is 0.397 e. The number of nitrogens with one attached hydrogen (secondary N) is 1. The Balaban J connectivity index is 1.71. The summed E-state index contributed by atoms with van der Waals surface area (Å²) in [6.45, 7) is 0. The van der Waals surface area contributed by atoms with E-state index in [1.807, 2.05) is 54.7 Å². The number of aromatic nitrogens is 2. The number of carbonyl (C=O) groups is 1. The first-order chi connectivity index (χ1) is 10.7. The summed E-state index contributed by atoms with van der Waals surface area (Å²) in [5, 5.41) is 2.13. The SMILES string of the molecule is Nc1cccc2ccn(C(=O)Cc3ccc4cc[nH]c4c3)c12. The van der Waals surface area contributed by atoms with Crippen molar-refractivity contribution >= 4 is 33.4 Å². The lowest BCUT2D eigenvalue weighted by molar-refractivity contribution is 0.0919. The second kappa shape index (κ2) is 4.77. The lowest BCUT2D eigenvalue weighted by atomic mass is 10.1. The fraction of sp³-hybridized carbons (Fsp3) is 0.0556. The zero-order valence-corrected chi connectivity index (χ0v) is 11.9. The third-order valence-electron chi connectivity index (χ3n) is 3.99. The van der Waals surface area contributed by atoms with Crippen LogP contribution in [-0.4, -0.2) is 15.5 Å². The van der Waals surface area contributed by atoms with Gasteiger partial charge in [-0.25, -0.2) is 0 Å². The Labute approximate surface area is 127 Å². The van der Waals surface area contributed by atoms with Crippen LogP contribution in [0.3, 0.4) is 0 Å². The first kappa shape index (κ1) is 12.7. The number of anilines is 1. The van der Waals surface area contributed by atoms with Gasteiger partial charge in [0, 0.05) is 23.3 Å². The van der Waals surface area contributed by atoms with Gasteiger partial charge in [0.05, 0.1) is 17.6 Å². The van der Waals surface area contributed by atoms with Gasteiger partial charge in [-0.1, -0.05) is 24.3 Å². The van der Waals surface area contributed by atoms with Crippen LogP contribution in [0, 0.1) is 0 Å². The maximum atomic E-state index is 12.6. The van der Waals surface area contributed by atoms with Gasteiger partial charge in [-0.15, -0.1) is 0 Å². The number of aromatic amines is 1. The fourth-order valence-electron chi connectivity index (χ4n) is 2.89. The van der Waals surface area contributed by atoms with Crippen LogP contribution in [0.4, 0.5) is 5.69 Å². The average molecular weight is 289 g/mol. The molecule has 0 saturated carbocycles. The van der Waals surface area contributed by atoms with Crippen LogP contribution in [0.5, 0.6) is 0 Å². The lowest BCUT2D eigenvalue weighted by Gasteiger charge is -2.06. The Hall–Kier alpha value is -3.01. The predicted octanol–water partition coefficient (Wildman–Crippen LogP) is 3.59. The molecule has 3 N–H and O–H groups in total. The number of nitrogens with zero attached hydrogens (tertiary/aromatic N) is 1. The van der Waals surface area contributed by atoms with Gasteiger partial charge in [0.1, 0.15) is 0 Å². The number of para-hydroxylation sites is 1. The zero-order valence-electron chi connectivity index (χ0n) is 11.9. The van der Waals surface area contributed by atoms with Crippen molar-refractivity contribution in [3.63, 3.8) is 0 Å². The van der Waals surface area contributed by atoms with Crippen LogP contribution in [0.15, 0.2) is 60.9 Å². The van der Waals surface area contributed by atoms with Crippen molar-refractivity contribution in [2.24, 2.45) is 0 Å². The van der Waals surface area contributed by atoms with Crippen molar-refractivity contribution in [1.82, 2.24) is 9.55 Å². The van der Waals surface area contributed by atoms with E-state index in [1.165, 1.54) is 0 Å². The van der Waals surface area contributed by atoms with Crippen LogP contribution >= 0.6 is 0 Å². The summed E-state index contributed by atoms with van der Waals surface area (Å²) in [7, 11) is 0. The first-order valence-corrected chi connectivity index (χ1v) is 7.17. The molecule has 0 aliphatic heterocycles. The van der Waals surface area contributed by atoms with Gasteiger partial charge in [0.15, 0.2) is 0 Å². The van der Waals surface area contributed by atoms with Gasteiger partial charge in [-0.3, -0.25) is 9.36 Å². The molecule has 4 aromatic rings. The molecule has 2 heterocycles. The third-order valence-corrected chi connectivity index (χ3v) is 3.99. The standard InChI is InChI=1S/C18H15N3O/c19-15-3-1-2-14-7-9-21(18(14)15)17(22)11-12-4-5-13-6-8-20-16(13)10-12/h1-10,20H,11,19H2. The molecule has 4 heteroatoms. The first-order valence-electron chi connectivity index (χ1n) is 7.17. The number of fused-ring (bicyclic) bond motifs is 2. The highest BCUT2D eigenvalue weighted by Crippen LogP contribution is 2.23. The quantitative estimate of drug-likeness (QED) is 0.554. The maximum absolute atomic E-state index is 12.6. The van der Waals surface area contributed by atoms with Crippen LogP contribution in [0.1, 0.15) is 10.4 Å². The van der Waals surface area contributed by atoms with E-state index < -0.39 is 0 Å². The summed E-state index contributed by atoms with van der Waals surface area (Å²) in [4.78, 5) is 15.8. The molecule has 4 nitrogen and oxygen atoms in total. The Morgan fingerprint density at radius 1 is 1.09 bits per heavy atom. The smallest absolute Gasteiger partial charge is 0.235 e. The van der Waals surface area contributed by atoms with Gasteiger partial charge >= 0.3 is 0 Å². The number of nitrogen functional groups attached to an aromatic ring is 1. The van der Waals surface area contributed by atoms with Crippen molar-refractivity contribution in [2.75, 3.05) is 5.73 Å². The molecule has 0 amide bonds. The minimum absolute atomic E-state index is 0.0128. The highest BCUT2D eigenvalue weighted by molar-refractivity contribution is 5.99. The van der Waals surface area contributed by atoms with Crippen molar-refractivity contribution in [1.29, 1.82) is 0 Å². The number of hydrogen-bond acceptors (Lipinski definition) is 2. The molecule has 0 bridgehead atoms. The Morgan fingerprint density at radius 2 is 2.00 bits per heavy atom. The lowest BCUT2D eigenvalue weighted by Crippen LogP contribution is -2.13. The van der Waals surface area contributed by atoms with Gasteiger partial charge in [0.25, 0.3) is 0 Å². The molecule has 2 aromatic carbocycles. The van der Waals surface area contributed by atoms with Gasteiger partial charge < -0.3 is 10.7 Å². The average Bonchev–Trinajstić information content (AvgIpc) is 3.13. The predicted molar refractivity (Wildman–Crippen MR) is 89.0 cm³/mol. The number of carbonyl (C=O) groups excluding carboxylic acids is 1. The highest BCUT2D eigenvalue weighted by Gasteiger charge is 2.12. The number of nitrogens with two attached hydrogens (primary N) is 1. The van der Waals surface area contributed by atoms with Crippen molar-refractivity contribution in [2.45, 2.75) is 6.42 Å². The summed E-state index contributed by atoms with van der Waals surface area (Å²) in [5.74, 6) is 0.0128. The van der Waals surface area contributed by atoms with Gasteiger partial charge in [-0.05, 0) is 35.2 Å². The van der Waals surface area contributed by atoms with Crippen molar-refractivity contribution in [3.8, 4) is 0 Å². The molecule has 0 radical (unpaired) electrons. The monoisotopic (exact) mass is 289 g/mol. The Bertz CT molecular complexity index is 994. The van der Waals surface area contributed by atoms with E-state index in [0.29, 0.717) is 12.1 Å². The van der Waals surface area contributed by atoms with Crippen LogP contribution in [0.25, 0.3) is 21.8 Å². The Morgan fingerprint density at radius 3 is 2.91 bits per heavy atom. The molecule has 0 atom stereocenters. The van der Waals surface area contributed by atoms with Crippen LogP contribution in [0.2, 0.25) is 0 Å². The maximum Gasteiger partial charge on any atom is 0.235 e. The molecule has 0 fully saturated rings. The van der Waals surface area contributed by atoms with E-state index in [1.54, 1.807) is 10.8 Å². The summed E-state index contributed by atoms with van der Waals surface area (Å²) in [6, 6.07) is 15.6. The third kappa shape index (κ3) is 1.97. The highest BCUT2D eigenvalue weighted by atomic mass is 16.2.